The number of dihydropyridines is 1. The van der Waals surface area contributed by atoms with Gasteiger partial charge in [0.1, 0.15) is 6.61 Å². The molecule has 5 rings (SSSR count). The Morgan fingerprint density at radius 1 is 1.24 bits per heavy atom. The Hall–Kier alpha value is -2.22. The van der Waals surface area contributed by atoms with E-state index in [0.29, 0.717) is 12.0 Å². The van der Waals surface area contributed by atoms with Gasteiger partial charge in [0, 0.05) is 50.5 Å². The lowest BCUT2D eigenvalue weighted by atomic mass is 9.74. The third-order valence-electron chi connectivity index (χ3n) is 6.73. The zero-order valence-electron chi connectivity index (χ0n) is 19.0. The molecule has 1 fully saturated rings. The molecule has 4 heterocycles. The lowest BCUT2D eigenvalue weighted by Crippen LogP contribution is -2.36. The Morgan fingerprint density at radius 2 is 2.12 bits per heavy atom. The number of ketones is 1. The van der Waals surface area contributed by atoms with E-state index in [-0.39, 0.29) is 36.3 Å². The second-order valence-electron chi connectivity index (χ2n) is 8.92. The van der Waals surface area contributed by atoms with Crippen molar-refractivity contribution >= 4 is 34.4 Å². The number of aryl methyl sites for hydroxylation is 1. The van der Waals surface area contributed by atoms with E-state index in [0.717, 1.165) is 54.1 Å². The average Bonchev–Trinajstić information content (AvgIpc) is 3.59. The average molecular weight is 484 g/mol. The maximum atomic E-state index is 13.6. The van der Waals surface area contributed by atoms with Gasteiger partial charge in [-0.25, -0.2) is 4.79 Å². The fourth-order valence-corrected chi connectivity index (χ4v) is 6.98. The number of ether oxygens (including phenoxy) is 2. The molecule has 174 valence electrons. The summed E-state index contributed by atoms with van der Waals surface area (Å²) in [6, 6.07) is 8.33. The van der Waals surface area contributed by atoms with Gasteiger partial charge in [-0.3, -0.25) is 4.79 Å². The molecule has 0 spiro atoms. The summed E-state index contributed by atoms with van der Waals surface area (Å²) >= 11 is 3.38. The van der Waals surface area contributed by atoms with Crippen LogP contribution in [0.15, 0.2) is 52.2 Å². The Morgan fingerprint density at radius 3 is 2.82 bits per heavy atom. The van der Waals surface area contributed by atoms with Gasteiger partial charge in [0.2, 0.25) is 0 Å². The molecule has 1 N–H and O–H groups in total. The van der Waals surface area contributed by atoms with Gasteiger partial charge in [-0.05, 0) is 56.2 Å². The maximum absolute atomic E-state index is 13.6. The SMILES string of the molecule is CCc1ccc([C@@H]2C(C(=O)OC[C@@H]3CCCO3)=C(C)NC3=C2C(=O)C[C@H](c2cccs2)C3)s1. The normalized spacial score (nSPS) is 25.3. The van der Waals surface area contributed by atoms with Crippen LogP contribution in [0.3, 0.4) is 0 Å². The quantitative estimate of drug-likeness (QED) is 0.553. The number of rotatable bonds is 6. The molecule has 1 saturated heterocycles. The first-order chi connectivity index (χ1) is 16.0. The molecule has 2 aromatic heterocycles. The molecule has 0 unspecified atom stereocenters. The van der Waals surface area contributed by atoms with Crippen LogP contribution in [0.25, 0.3) is 0 Å². The van der Waals surface area contributed by atoms with Crippen LogP contribution in [0, 0.1) is 0 Å². The predicted octanol–water partition coefficient (Wildman–Crippen LogP) is 5.46. The van der Waals surface area contributed by atoms with Crippen molar-refractivity contribution in [2.75, 3.05) is 13.2 Å². The number of hydrogen-bond donors (Lipinski definition) is 1. The van der Waals surface area contributed by atoms with Crippen molar-refractivity contribution < 1.29 is 19.1 Å². The molecule has 0 bridgehead atoms. The lowest BCUT2D eigenvalue weighted by Gasteiger charge is -2.36. The van der Waals surface area contributed by atoms with Crippen LogP contribution >= 0.6 is 22.7 Å². The minimum absolute atomic E-state index is 0.0315. The smallest absolute Gasteiger partial charge is 0.336 e. The van der Waals surface area contributed by atoms with E-state index in [1.54, 1.807) is 22.7 Å². The highest BCUT2D eigenvalue weighted by Crippen LogP contribution is 2.47. The van der Waals surface area contributed by atoms with Gasteiger partial charge in [0.15, 0.2) is 5.78 Å². The van der Waals surface area contributed by atoms with Gasteiger partial charge in [-0.2, -0.15) is 0 Å². The van der Waals surface area contributed by atoms with E-state index in [2.05, 4.69) is 35.8 Å². The molecular formula is C26H29NO4S2. The molecule has 3 atom stereocenters. The first-order valence-electron chi connectivity index (χ1n) is 11.7. The summed E-state index contributed by atoms with van der Waals surface area (Å²) in [7, 11) is 0. The van der Waals surface area contributed by atoms with Gasteiger partial charge in [-0.15, -0.1) is 22.7 Å². The largest absolute Gasteiger partial charge is 0.459 e. The third-order valence-corrected chi connectivity index (χ3v) is 9.06. The summed E-state index contributed by atoms with van der Waals surface area (Å²) in [5.41, 5.74) is 3.03. The molecule has 3 aliphatic rings. The van der Waals surface area contributed by atoms with E-state index >= 15 is 0 Å². The minimum atomic E-state index is -0.375. The zero-order chi connectivity index (χ0) is 22.9. The number of carbonyl (C=O) groups is 2. The molecule has 7 heteroatoms. The highest BCUT2D eigenvalue weighted by molar-refractivity contribution is 7.12. The van der Waals surface area contributed by atoms with Gasteiger partial charge >= 0.3 is 5.97 Å². The van der Waals surface area contributed by atoms with E-state index in [9.17, 15) is 9.59 Å². The number of Topliss-reactive ketones (excluding diaryl/α,β-unsaturated/α-hetero) is 1. The van der Waals surface area contributed by atoms with E-state index in [1.165, 1.54) is 9.75 Å². The standard InChI is InChI=1S/C26H29NO4S2/c1-3-18-8-9-22(33-18)25-23(26(29)31-14-17-6-4-10-30-17)15(2)27-19-12-16(13-20(28)24(19)25)21-7-5-11-32-21/h5,7-9,11,16-17,25,27H,3-4,6,10,12-14H2,1-2H3/t16-,17+,25-/m1/s1. The summed E-state index contributed by atoms with van der Waals surface area (Å²) in [4.78, 5) is 30.4. The highest BCUT2D eigenvalue weighted by atomic mass is 32.1. The molecule has 2 aromatic rings. The van der Waals surface area contributed by atoms with Gasteiger partial charge < -0.3 is 14.8 Å². The van der Waals surface area contributed by atoms with E-state index in [1.807, 2.05) is 13.0 Å². The first kappa shape index (κ1) is 22.6. The first-order valence-corrected chi connectivity index (χ1v) is 13.4. The van der Waals surface area contributed by atoms with Crippen LogP contribution in [0.4, 0.5) is 0 Å². The summed E-state index contributed by atoms with van der Waals surface area (Å²) in [6.45, 7) is 5.03. The van der Waals surface area contributed by atoms with Gasteiger partial charge in [-0.1, -0.05) is 13.0 Å². The molecule has 0 radical (unpaired) electrons. The van der Waals surface area contributed by atoms with Crippen molar-refractivity contribution in [1.29, 1.82) is 0 Å². The van der Waals surface area contributed by atoms with Crippen molar-refractivity contribution in [1.82, 2.24) is 5.32 Å². The summed E-state index contributed by atoms with van der Waals surface area (Å²) in [5.74, 6) is -0.428. The molecule has 2 aliphatic heterocycles. The zero-order valence-corrected chi connectivity index (χ0v) is 20.7. The number of carbonyl (C=O) groups excluding carboxylic acids is 2. The van der Waals surface area contributed by atoms with Crippen LogP contribution in [0.1, 0.15) is 66.0 Å². The Balaban J connectivity index is 1.49. The van der Waals surface area contributed by atoms with Gasteiger partial charge in [0.25, 0.3) is 0 Å². The second-order valence-corrected chi connectivity index (χ2v) is 11.1. The monoisotopic (exact) mass is 483 g/mol. The topological polar surface area (TPSA) is 64.6 Å². The molecular weight excluding hydrogens is 454 g/mol. The van der Waals surface area contributed by atoms with Gasteiger partial charge in [0.05, 0.1) is 17.6 Å². The molecule has 0 amide bonds. The lowest BCUT2D eigenvalue weighted by molar-refractivity contribution is -0.142. The molecule has 0 saturated carbocycles. The number of hydrogen-bond acceptors (Lipinski definition) is 7. The Labute approximate surface area is 202 Å². The van der Waals surface area contributed by atoms with Crippen molar-refractivity contribution in [3.8, 4) is 0 Å². The van der Waals surface area contributed by atoms with Crippen LogP contribution in [0.5, 0.6) is 0 Å². The van der Waals surface area contributed by atoms with E-state index < -0.39 is 0 Å². The van der Waals surface area contributed by atoms with E-state index in [4.69, 9.17) is 9.47 Å². The molecule has 5 nitrogen and oxygen atoms in total. The van der Waals surface area contributed by atoms with Crippen molar-refractivity contribution in [2.24, 2.45) is 0 Å². The van der Waals surface area contributed by atoms with Crippen molar-refractivity contribution in [2.45, 2.75) is 63.9 Å². The van der Waals surface area contributed by atoms with Crippen LogP contribution in [-0.2, 0) is 25.5 Å². The number of allylic oxidation sites excluding steroid dienone is 3. The number of nitrogens with one attached hydrogen (secondary N) is 1. The fraction of sp³-hybridized carbons (Fsp3) is 0.462. The van der Waals surface area contributed by atoms with Crippen molar-refractivity contribution in [3.05, 3.63) is 66.8 Å². The van der Waals surface area contributed by atoms with Crippen LogP contribution in [0.2, 0.25) is 0 Å². The molecule has 1 aliphatic carbocycles. The summed E-state index contributed by atoms with van der Waals surface area (Å²) in [5, 5.41) is 5.50. The highest BCUT2D eigenvalue weighted by Gasteiger charge is 2.42. The fourth-order valence-electron chi connectivity index (χ4n) is 5.08. The Kier molecular flexibility index (Phi) is 6.54. The minimum Gasteiger partial charge on any atom is -0.459 e. The number of thiophene rings is 2. The summed E-state index contributed by atoms with van der Waals surface area (Å²) < 4.78 is 11.4. The van der Waals surface area contributed by atoms with Crippen LogP contribution in [-0.4, -0.2) is 31.1 Å². The number of esters is 1. The summed E-state index contributed by atoms with van der Waals surface area (Å²) in [6.07, 6.45) is 4.06. The Bertz CT molecular complexity index is 1110. The van der Waals surface area contributed by atoms with Crippen molar-refractivity contribution in [3.63, 3.8) is 0 Å². The van der Waals surface area contributed by atoms with Crippen LogP contribution < -0.4 is 5.32 Å². The second kappa shape index (κ2) is 9.57. The molecule has 0 aromatic carbocycles. The predicted molar refractivity (Wildman–Crippen MR) is 131 cm³/mol. The molecule has 33 heavy (non-hydrogen) atoms. The maximum Gasteiger partial charge on any atom is 0.336 e. The third kappa shape index (κ3) is 4.46.